The third-order valence-corrected chi connectivity index (χ3v) is 6.58. The summed E-state index contributed by atoms with van der Waals surface area (Å²) in [5.41, 5.74) is 0.109. The monoisotopic (exact) mass is 500 g/mol. The Kier molecular flexibility index (Phi) is 6.50. The second kappa shape index (κ2) is 9.32. The number of nitrogens with zero attached hydrogens (tertiary/aromatic N) is 2. The van der Waals surface area contributed by atoms with Crippen molar-refractivity contribution in [2.75, 3.05) is 14.2 Å². The highest BCUT2D eigenvalue weighted by Crippen LogP contribution is 2.29. The molecule has 2 aromatic carbocycles. The van der Waals surface area contributed by atoms with Crippen LogP contribution in [0.5, 0.6) is 11.5 Å². The number of hydrogen-bond donors (Lipinski definition) is 0. The fourth-order valence-corrected chi connectivity index (χ4v) is 4.78. The summed E-state index contributed by atoms with van der Waals surface area (Å²) in [5.74, 6) is 0.695. The molecular weight excluding hydrogens is 476 g/mol. The van der Waals surface area contributed by atoms with Crippen LogP contribution in [0, 0.1) is 0 Å². The number of benzene rings is 2. The number of carbonyl (C=O) groups is 1. The highest BCUT2D eigenvalue weighted by atomic mass is 79.9. The molecule has 8 heteroatoms. The van der Waals surface area contributed by atoms with E-state index in [9.17, 15) is 14.4 Å². The Morgan fingerprint density at radius 3 is 2.41 bits per heavy atom. The molecule has 4 rings (SSSR count). The highest BCUT2D eigenvalue weighted by molar-refractivity contribution is 9.10. The van der Waals surface area contributed by atoms with Gasteiger partial charge in [-0.15, -0.1) is 0 Å². The van der Waals surface area contributed by atoms with Crippen LogP contribution in [-0.4, -0.2) is 29.1 Å². The van der Waals surface area contributed by atoms with Gasteiger partial charge in [-0.3, -0.25) is 18.7 Å². The lowest BCUT2D eigenvalue weighted by Gasteiger charge is -2.24. The maximum atomic E-state index is 13.5. The zero-order valence-corrected chi connectivity index (χ0v) is 19.7. The molecule has 0 N–H and O–H groups in total. The van der Waals surface area contributed by atoms with Gasteiger partial charge in [0.1, 0.15) is 0 Å². The number of carbonyl (C=O) groups excluding carboxylic acids is 1. The van der Waals surface area contributed by atoms with Crippen molar-refractivity contribution < 1.29 is 14.3 Å². The average Bonchev–Trinajstić information content (AvgIpc) is 2.82. The van der Waals surface area contributed by atoms with Gasteiger partial charge in [-0.05, 0) is 49.2 Å². The lowest BCUT2D eigenvalue weighted by molar-refractivity contribution is 0.0970. The van der Waals surface area contributed by atoms with E-state index in [1.807, 2.05) is 0 Å². The molecule has 0 saturated heterocycles. The fraction of sp³-hybridized carbons (Fsp3) is 0.375. The van der Waals surface area contributed by atoms with Crippen LogP contribution in [0.1, 0.15) is 48.5 Å². The van der Waals surface area contributed by atoms with Crippen molar-refractivity contribution in [1.29, 1.82) is 0 Å². The molecule has 1 saturated carbocycles. The van der Waals surface area contributed by atoms with Crippen LogP contribution in [0.15, 0.2) is 50.5 Å². The van der Waals surface area contributed by atoms with Gasteiger partial charge in [0, 0.05) is 16.1 Å². The second-order valence-electron chi connectivity index (χ2n) is 7.99. The van der Waals surface area contributed by atoms with E-state index in [4.69, 9.17) is 9.47 Å². The van der Waals surface area contributed by atoms with Gasteiger partial charge in [-0.2, -0.15) is 0 Å². The van der Waals surface area contributed by atoms with Gasteiger partial charge >= 0.3 is 5.69 Å². The van der Waals surface area contributed by atoms with Crippen molar-refractivity contribution in [2.45, 2.75) is 44.7 Å². The Morgan fingerprint density at radius 2 is 1.72 bits per heavy atom. The summed E-state index contributed by atoms with van der Waals surface area (Å²) in [7, 11) is 3.03. The molecule has 1 aromatic heterocycles. The van der Waals surface area contributed by atoms with Crippen molar-refractivity contribution >= 4 is 32.6 Å². The Hall–Kier alpha value is -2.87. The fourth-order valence-electron chi connectivity index (χ4n) is 4.42. The largest absolute Gasteiger partial charge is 0.493 e. The number of ether oxygens (including phenoxy) is 2. The second-order valence-corrected chi connectivity index (χ2v) is 8.91. The molecule has 1 aliphatic rings. The summed E-state index contributed by atoms with van der Waals surface area (Å²) in [5, 5.41) is 0.421. The lowest BCUT2D eigenvalue weighted by Crippen LogP contribution is -2.43. The number of halogens is 1. The Labute approximate surface area is 193 Å². The molecule has 168 valence electrons. The normalized spacial score (nSPS) is 14.5. The molecule has 0 radical (unpaired) electrons. The smallest absolute Gasteiger partial charge is 0.332 e. The van der Waals surface area contributed by atoms with Gasteiger partial charge in [-0.1, -0.05) is 35.2 Å². The number of ketones is 1. The van der Waals surface area contributed by atoms with E-state index >= 15 is 0 Å². The van der Waals surface area contributed by atoms with Crippen LogP contribution in [0.25, 0.3) is 10.9 Å². The zero-order chi connectivity index (χ0) is 22.8. The van der Waals surface area contributed by atoms with Crippen LogP contribution in [0.4, 0.5) is 0 Å². The van der Waals surface area contributed by atoms with E-state index in [-0.39, 0.29) is 23.9 Å². The van der Waals surface area contributed by atoms with E-state index < -0.39 is 5.69 Å². The van der Waals surface area contributed by atoms with Crippen LogP contribution in [0.2, 0.25) is 0 Å². The number of aromatic nitrogens is 2. The first-order valence-corrected chi connectivity index (χ1v) is 11.4. The number of methoxy groups -OCH3 is 2. The molecule has 1 fully saturated rings. The molecule has 0 amide bonds. The molecule has 3 aromatic rings. The molecule has 0 bridgehead atoms. The van der Waals surface area contributed by atoms with Crippen LogP contribution in [0.3, 0.4) is 0 Å². The maximum absolute atomic E-state index is 13.5. The first-order valence-electron chi connectivity index (χ1n) is 10.6. The van der Waals surface area contributed by atoms with Gasteiger partial charge in [0.25, 0.3) is 5.56 Å². The quantitative estimate of drug-likeness (QED) is 0.470. The van der Waals surface area contributed by atoms with Crippen LogP contribution < -0.4 is 20.7 Å². The minimum atomic E-state index is -0.439. The molecule has 0 aliphatic heterocycles. The number of Topliss-reactive ketones (excluding diaryl/α,β-unsaturated/α-hetero) is 1. The summed E-state index contributed by atoms with van der Waals surface area (Å²) < 4.78 is 14.1. The van der Waals surface area contributed by atoms with Crippen molar-refractivity contribution in [3.8, 4) is 11.5 Å². The summed E-state index contributed by atoms with van der Waals surface area (Å²) >= 11 is 3.42. The Morgan fingerprint density at radius 1 is 1.00 bits per heavy atom. The minimum Gasteiger partial charge on any atom is -0.493 e. The first kappa shape index (κ1) is 22.3. The van der Waals surface area contributed by atoms with Gasteiger partial charge in [0.2, 0.25) is 0 Å². The minimum absolute atomic E-state index is 0.144. The molecule has 0 unspecified atom stereocenters. The maximum Gasteiger partial charge on any atom is 0.332 e. The Balaban J connectivity index is 1.84. The molecule has 1 heterocycles. The zero-order valence-electron chi connectivity index (χ0n) is 18.1. The van der Waals surface area contributed by atoms with Gasteiger partial charge in [0.05, 0.1) is 31.7 Å². The van der Waals surface area contributed by atoms with Crippen LogP contribution >= 0.6 is 15.9 Å². The van der Waals surface area contributed by atoms with E-state index in [1.165, 1.54) is 23.4 Å². The summed E-state index contributed by atoms with van der Waals surface area (Å²) in [6.45, 7) is -0.181. The summed E-state index contributed by atoms with van der Waals surface area (Å²) in [6.07, 6.45) is 4.65. The van der Waals surface area contributed by atoms with Crippen molar-refractivity contribution in [3.05, 3.63) is 67.3 Å². The molecule has 32 heavy (non-hydrogen) atoms. The lowest BCUT2D eigenvalue weighted by atomic mass is 9.95. The predicted octanol–water partition coefficient (Wildman–Crippen LogP) is 4.33. The Bertz CT molecular complexity index is 1290. The summed E-state index contributed by atoms with van der Waals surface area (Å²) in [4.78, 5) is 39.9. The topological polar surface area (TPSA) is 79.5 Å². The third kappa shape index (κ3) is 4.11. The van der Waals surface area contributed by atoms with E-state index in [0.717, 1.165) is 36.6 Å². The molecular formula is C24H25BrN2O5. The molecule has 0 spiro atoms. The van der Waals surface area contributed by atoms with E-state index in [2.05, 4.69) is 15.9 Å². The average molecular weight is 501 g/mol. The number of rotatable bonds is 6. The highest BCUT2D eigenvalue weighted by Gasteiger charge is 2.23. The SMILES string of the molecule is COc1ccc(C(=O)Cn2c(=O)n(C3CCCCC3)c(=O)c3cc(Br)ccc32)cc1OC. The van der Waals surface area contributed by atoms with Gasteiger partial charge in [-0.25, -0.2) is 4.79 Å². The predicted molar refractivity (Wildman–Crippen MR) is 126 cm³/mol. The van der Waals surface area contributed by atoms with Crippen molar-refractivity contribution in [3.63, 3.8) is 0 Å². The van der Waals surface area contributed by atoms with Gasteiger partial charge < -0.3 is 9.47 Å². The van der Waals surface area contributed by atoms with Crippen molar-refractivity contribution in [2.24, 2.45) is 0 Å². The number of hydrogen-bond acceptors (Lipinski definition) is 5. The number of fused-ring (bicyclic) bond motifs is 1. The molecule has 1 aliphatic carbocycles. The van der Waals surface area contributed by atoms with Crippen LogP contribution in [-0.2, 0) is 6.54 Å². The third-order valence-electron chi connectivity index (χ3n) is 6.08. The summed E-state index contributed by atoms with van der Waals surface area (Å²) in [6, 6.07) is 9.95. The van der Waals surface area contributed by atoms with E-state index in [0.29, 0.717) is 28.0 Å². The standard InChI is InChI=1S/C24H25BrN2O5/c1-31-21-11-8-15(12-22(21)32-2)20(28)14-26-19-10-9-16(25)13-18(19)23(29)27(24(26)30)17-6-4-3-5-7-17/h8-13,17H,3-7,14H2,1-2H3. The van der Waals surface area contributed by atoms with Gasteiger partial charge in [0.15, 0.2) is 17.3 Å². The first-order chi connectivity index (χ1) is 15.4. The molecule has 7 nitrogen and oxygen atoms in total. The van der Waals surface area contributed by atoms with Crippen molar-refractivity contribution in [1.82, 2.24) is 9.13 Å². The molecule has 0 atom stereocenters. The van der Waals surface area contributed by atoms with E-state index in [1.54, 1.807) is 36.4 Å².